The van der Waals surface area contributed by atoms with Gasteiger partial charge in [0.15, 0.2) is 5.76 Å². The molecule has 0 saturated carbocycles. The van der Waals surface area contributed by atoms with Gasteiger partial charge in [-0.05, 0) is 31.0 Å². The molecular formula is C14H21N3O2. The minimum absolute atomic E-state index is 0.129. The van der Waals surface area contributed by atoms with Gasteiger partial charge in [0, 0.05) is 12.5 Å². The quantitative estimate of drug-likeness (QED) is 0.919. The molecule has 1 atom stereocenters. The normalized spacial score (nSPS) is 13.7. The molecule has 0 saturated heterocycles. The van der Waals surface area contributed by atoms with Gasteiger partial charge in [-0.2, -0.15) is 4.98 Å². The zero-order valence-electron chi connectivity index (χ0n) is 12.2. The Morgan fingerprint density at radius 2 is 2.11 bits per heavy atom. The van der Waals surface area contributed by atoms with Crippen molar-refractivity contribution in [3.8, 4) is 11.6 Å². The molecule has 1 N–H and O–H groups in total. The van der Waals surface area contributed by atoms with Crippen molar-refractivity contribution in [3.63, 3.8) is 0 Å². The van der Waals surface area contributed by atoms with Crippen molar-refractivity contribution in [3.05, 3.63) is 23.8 Å². The van der Waals surface area contributed by atoms with Gasteiger partial charge < -0.3 is 14.3 Å². The Bertz CT molecular complexity index is 537. The zero-order valence-corrected chi connectivity index (χ0v) is 12.2. The molecule has 0 aromatic carbocycles. The summed E-state index contributed by atoms with van der Waals surface area (Å²) < 4.78 is 10.7. The number of likely N-dealkylation sites (N-methyl/N-ethyl adjacent to an activating group) is 1. The van der Waals surface area contributed by atoms with Crippen molar-refractivity contribution in [2.24, 2.45) is 5.41 Å². The van der Waals surface area contributed by atoms with Gasteiger partial charge in [-0.3, -0.25) is 0 Å². The van der Waals surface area contributed by atoms with Crippen LogP contribution in [-0.4, -0.2) is 23.2 Å². The molecular weight excluding hydrogens is 242 g/mol. The van der Waals surface area contributed by atoms with E-state index < -0.39 is 0 Å². The van der Waals surface area contributed by atoms with Crippen LogP contribution in [0.25, 0.3) is 11.6 Å². The number of aromatic nitrogens is 2. The van der Waals surface area contributed by atoms with E-state index in [1.165, 1.54) is 0 Å². The second-order valence-corrected chi connectivity index (χ2v) is 5.86. The van der Waals surface area contributed by atoms with Crippen molar-refractivity contribution in [1.29, 1.82) is 0 Å². The summed E-state index contributed by atoms with van der Waals surface area (Å²) in [6.45, 7) is 8.51. The Balaban J connectivity index is 2.16. The van der Waals surface area contributed by atoms with Crippen LogP contribution in [-0.2, 0) is 6.42 Å². The van der Waals surface area contributed by atoms with Gasteiger partial charge in [-0.1, -0.05) is 25.9 Å². The number of nitrogens with one attached hydrogen (secondary N) is 1. The standard InChI is InChI=1S/C14H21N3O2/c1-9-6-7-18-12(9)13-16-11(19-17-13)8-10(15-5)14(2,3)4/h6-7,10,15H,8H2,1-5H3. The van der Waals surface area contributed by atoms with E-state index in [0.717, 1.165) is 5.56 Å². The molecule has 2 rings (SSSR count). The lowest BCUT2D eigenvalue weighted by molar-refractivity contribution is 0.255. The van der Waals surface area contributed by atoms with Crippen LogP contribution in [0.4, 0.5) is 0 Å². The molecule has 0 aliphatic heterocycles. The lowest BCUT2D eigenvalue weighted by Gasteiger charge is -2.29. The topological polar surface area (TPSA) is 64.1 Å². The maximum atomic E-state index is 5.36. The summed E-state index contributed by atoms with van der Waals surface area (Å²) >= 11 is 0. The SMILES string of the molecule is CNC(Cc1nc(-c2occc2C)no1)C(C)(C)C. The second kappa shape index (κ2) is 5.17. The average Bonchev–Trinajstić information content (AvgIpc) is 2.92. The number of hydrogen-bond acceptors (Lipinski definition) is 5. The summed E-state index contributed by atoms with van der Waals surface area (Å²) in [5, 5.41) is 7.28. The fourth-order valence-corrected chi connectivity index (χ4v) is 2.05. The predicted molar refractivity (Wildman–Crippen MR) is 72.7 cm³/mol. The van der Waals surface area contributed by atoms with Crippen LogP contribution in [0.1, 0.15) is 32.2 Å². The highest BCUT2D eigenvalue weighted by atomic mass is 16.5. The Morgan fingerprint density at radius 3 is 2.63 bits per heavy atom. The fraction of sp³-hybridized carbons (Fsp3) is 0.571. The summed E-state index contributed by atoms with van der Waals surface area (Å²) in [5.41, 5.74) is 1.14. The molecule has 0 aliphatic carbocycles. The van der Waals surface area contributed by atoms with E-state index in [2.05, 4.69) is 36.2 Å². The van der Waals surface area contributed by atoms with E-state index in [-0.39, 0.29) is 11.5 Å². The van der Waals surface area contributed by atoms with Crippen LogP contribution in [0, 0.1) is 12.3 Å². The number of nitrogens with zero attached hydrogens (tertiary/aromatic N) is 2. The Labute approximate surface area is 113 Å². The smallest absolute Gasteiger partial charge is 0.238 e. The molecule has 2 aromatic rings. The molecule has 2 heterocycles. The first-order chi connectivity index (χ1) is 8.91. The first-order valence-electron chi connectivity index (χ1n) is 6.46. The Hall–Kier alpha value is -1.62. The lowest BCUT2D eigenvalue weighted by Crippen LogP contribution is -2.39. The molecule has 0 radical (unpaired) electrons. The molecule has 104 valence electrons. The molecule has 0 spiro atoms. The van der Waals surface area contributed by atoms with Crippen LogP contribution in [0.15, 0.2) is 21.3 Å². The third-order valence-electron chi connectivity index (χ3n) is 3.31. The van der Waals surface area contributed by atoms with E-state index in [1.54, 1.807) is 6.26 Å². The zero-order chi connectivity index (χ0) is 14.0. The summed E-state index contributed by atoms with van der Waals surface area (Å²) in [6.07, 6.45) is 2.33. The van der Waals surface area contributed by atoms with Crippen molar-refractivity contribution in [2.75, 3.05) is 7.05 Å². The van der Waals surface area contributed by atoms with Gasteiger partial charge in [-0.25, -0.2) is 0 Å². The van der Waals surface area contributed by atoms with Gasteiger partial charge in [-0.15, -0.1) is 0 Å². The van der Waals surface area contributed by atoms with E-state index in [9.17, 15) is 0 Å². The highest BCUT2D eigenvalue weighted by Crippen LogP contribution is 2.24. The van der Waals surface area contributed by atoms with Crippen LogP contribution in [0.2, 0.25) is 0 Å². The largest absolute Gasteiger partial charge is 0.461 e. The summed E-state index contributed by atoms with van der Waals surface area (Å²) in [4.78, 5) is 4.40. The maximum Gasteiger partial charge on any atom is 0.238 e. The van der Waals surface area contributed by atoms with Crippen LogP contribution >= 0.6 is 0 Å². The van der Waals surface area contributed by atoms with E-state index in [0.29, 0.717) is 23.9 Å². The van der Waals surface area contributed by atoms with Crippen LogP contribution in [0.5, 0.6) is 0 Å². The molecule has 0 aliphatic rings. The summed E-state index contributed by atoms with van der Waals surface area (Å²) in [7, 11) is 1.95. The molecule has 2 aromatic heterocycles. The van der Waals surface area contributed by atoms with E-state index in [4.69, 9.17) is 8.94 Å². The second-order valence-electron chi connectivity index (χ2n) is 5.86. The fourth-order valence-electron chi connectivity index (χ4n) is 2.05. The number of hydrogen-bond donors (Lipinski definition) is 1. The summed E-state index contributed by atoms with van der Waals surface area (Å²) in [6, 6.07) is 2.16. The highest BCUT2D eigenvalue weighted by Gasteiger charge is 2.26. The summed E-state index contributed by atoms with van der Waals surface area (Å²) in [5.74, 6) is 1.81. The number of rotatable bonds is 4. The van der Waals surface area contributed by atoms with Gasteiger partial charge in [0.1, 0.15) is 0 Å². The molecule has 0 bridgehead atoms. The first-order valence-corrected chi connectivity index (χ1v) is 6.46. The average molecular weight is 263 g/mol. The number of furan rings is 1. The Kier molecular flexibility index (Phi) is 3.75. The molecule has 0 fully saturated rings. The molecule has 1 unspecified atom stereocenters. The Morgan fingerprint density at radius 1 is 1.37 bits per heavy atom. The third kappa shape index (κ3) is 3.04. The van der Waals surface area contributed by atoms with Gasteiger partial charge in [0.2, 0.25) is 11.7 Å². The van der Waals surface area contributed by atoms with Gasteiger partial charge in [0.05, 0.1) is 6.26 Å². The highest BCUT2D eigenvalue weighted by molar-refractivity contribution is 5.50. The molecule has 19 heavy (non-hydrogen) atoms. The predicted octanol–water partition coefficient (Wildman–Crippen LogP) is 2.81. The minimum atomic E-state index is 0.129. The van der Waals surface area contributed by atoms with Crippen molar-refractivity contribution in [1.82, 2.24) is 15.5 Å². The minimum Gasteiger partial charge on any atom is -0.461 e. The molecule has 5 heteroatoms. The van der Waals surface area contributed by atoms with E-state index >= 15 is 0 Å². The van der Waals surface area contributed by atoms with Crippen LogP contribution in [0.3, 0.4) is 0 Å². The molecule has 0 amide bonds. The monoisotopic (exact) mass is 263 g/mol. The van der Waals surface area contributed by atoms with Gasteiger partial charge >= 0.3 is 0 Å². The third-order valence-corrected chi connectivity index (χ3v) is 3.31. The van der Waals surface area contributed by atoms with Crippen molar-refractivity contribution < 1.29 is 8.94 Å². The first kappa shape index (κ1) is 13.8. The van der Waals surface area contributed by atoms with Gasteiger partial charge in [0.25, 0.3) is 0 Å². The van der Waals surface area contributed by atoms with Crippen molar-refractivity contribution in [2.45, 2.75) is 40.2 Å². The van der Waals surface area contributed by atoms with Crippen LogP contribution < -0.4 is 5.32 Å². The maximum absolute atomic E-state index is 5.36. The lowest BCUT2D eigenvalue weighted by atomic mass is 9.85. The number of aryl methyl sites for hydroxylation is 1. The van der Waals surface area contributed by atoms with E-state index in [1.807, 2.05) is 20.0 Å². The molecule has 5 nitrogen and oxygen atoms in total. The van der Waals surface area contributed by atoms with Crippen molar-refractivity contribution >= 4 is 0 Å².